The Morgan fingerprint density at radius 2 is 1.62 bits per heavy atom. The largest absolute Gasteiger partial charge is 0.380 e. The molecule has 0 bridgehead atoms. The molecular formula is C55H57N3. The summed E-state index contributed by atoms with van der Waals surface area (Å²) in [5.74, 6) is 0. The summed E-state index contributed by atoms with van der Waals surface area (Å²) >= 11 is 0. The van der Waals surface area contributed by atoms with E-state index in [0.717, 1.165) is 53.3 Å². The minimum absolute atomic E-state index is 0.0186. The molecule has 0 aromatic heterocycles. The van der Waals surface area contributed by atoms with Crippen molar-refractivity contribution >= 4 is 5.69 Å². The topological polar surface area (TPSA) is 27.3 Å². The lowest BCUT2D eigenvalue weighted by atomic mass is 9.94. The lowest BCUT2D eigenvalue weighted by Crippen LogP contribution is -2.21. The molecule has 3 aromatic rings. The van der Waals surface area contributed by atoms with Crippen molar-refractivity contribution in [2.24, 2.45) is 0 Å². The van der Waals surface area contributed by atoms with Crippen LogP contribution in [0.25, 0.3) is 0 Å². The first kappa shape index (κ1) is 42.3. The van der Waals surface area contributed by atoms with E-state index in [1.807, 2.05) is 49.6 Å². The zero-order valence-electron chi connectivity index (χ0n) is 34.3. The molecule has 1 aliphatic heterocycles. The lowest BCUT2D eigenvalue weighted by molar-refractivity contribution is 0.729. The first-order valence-electron chi connectivity index (χ1n) is 20.2. The Morgan fingerprint density at radius 3 is 2.34 bits per heavy atom. The average Bonchev–Trinajstić information content (AvgIpc) is 3.49. The molecule has 3 heteroatoms. The fourth-order valence-electron chi connectivity index (χ4n) is 6.83. The number of rotatable bonds is 16. The number of fused-ring (bicyclic) bond motifs is 1. The fraction of sp³-hybridized carbons (Fsp3) is 0.145. The minimum Gasteiger partial charge on any atom is -0.380 e. The highest BCUT2D eigenvalue weighted by Crippen LogP contribution is 2.34. The van der Waals surface area contributed by atoms with Gasteiger partial charge in [0.25, 0.3) is 0 Å². The summed E-state index contributed by atoms with van der Waals surface area (Å²) in [6, 6.07) is 28.0. The van der Waals surface area contributed by atoms with Gasteiger partial charge in [-0.25, -0.2) is 0 Å². The van der Waals surface area contributed by atoms with Crippen molar-refractivity contribution in [3.05, 3.63) is 276 Å². The lowest BCUT2D eigenvalue weighted by Gasteiger charge is -2.30. The van der Waals surface area contributed by atoms with Crippen LogP contribution in [0.4, 0.5) is 5.69 Å². The Labute approximate surface area is 348 Å². The van der Waals surface area contributed by atoms with E-state index >= 15 is 0 Å². The van der Waals surface area contributed by atoms with E-state index in [2.05, 4.69) is 200 Å². The SMILES string of the molecule is C=C\C=C/C=C(C)/C(Cc1ccc2c(c1)N(C1=CC=CC=C=C1)C(=C)CC/C=C\C2)=C(/C=C\C)NC(/C=C\C=C\C)=C/C=C\NC(c1ccccc1)c1ccccc1. The standard InChI is InChI=1S/C55H57N3/c1-6-9-16-28-44(4)52(42-46-39-40-47-30-19-13-18-29-45(5)58(54(47)43-46)51-37-24-11-12-25-38-51)53(27-8-3)57-50(35-17-10-7-2)36-26-41-56-55(48-31-20-14-21-32-48)49-33-22-15-23-34-49/h6-17,19-24,26-28,31-41,43,55-57H,1,5,18,29-30,42H2,2-4H3/b10-7+,16-9-,19-13-,27-8-,35-17-,41-26-,44-28+,50-36+,53-52-. The molecule has 0 fully saturated rings. The van der Waals surface area contributed by atoms with Gasteiger partial charge >= 0.3 is 0 Å². The van der Waals surface area contributed by atoms with Crippen LogP contribution in [0.2, 0.25) is 0 Å². The van der Waals surface area contributed by atoms with Crippen LogP contribution in [0.5, 0.6) is 0 Å². The van der Waals surface area contributed by atoms with Crippen LogP contribution >= 0.6 is 0 Å². The molecule has 3 aromatic carbocycles. The van der Waals surface area contributed by atoms with Gasteiger partial charge in [-0.3, -0.25) is 0 Å². The number of nitrogens with zero attached hydrogens (tertiary/aromatic N) is 1. The molecule has 2 aliphatic rings. The smallest absolute Gasteiger partial charge is 0.0762 e. The summed E-state index contributed by atoms with van der Waals surface area (Å²) in [5.41, 5.74) is 15.7. The number of allylic oxidation sites excluding steroid dienone is 21. The van der Waals surface area contributed by atoms with Crippen molar-refractivity contribution in [3.8, 4) is 0 Å². The molecule has 0 unspecified atom stereocenters. The molecule has 2 N–H and O–H groups in total. The van der Waals surface area contributed by atoms with Crippen molar-refractivity contribution in [1.82, 2.24) is 10.6 Å². The number of benzene rings is 3. The quantitative estimate of drug-likeness (QED) is 0.0865. The fourth-order valence-corrected chi connectivity index (χ4v) is 6.83. The van der Waals surface area contributed by atoms with Gasteiger partial charge in [-0.05, 0) is 129 Å². The highest BCUT2D eigenvalue weighted by atomic mass is 15.2. The second kappa shape index (κ2) is 23.3. The number of hydrogen-bond acceptors (Lipinski definition) is 3. The summed E-state index contributed by atoms with van der Waals surface area (Å²) < 4.78 is 0. The summed E-state index contributed by atoms with van der Waals surface area (Å²) in [6.07, 6.45) is 44.9. The molecule has 58 heavy (non-hydrogen) atoms. The third-order valence-electron chi connectivity index (χ3n) is 9.74. The summed E-state index contributed by atoms with van der Waals surface area (Å²) in [7, 11) is 0. The van der Waals surface area contributed by atoms with Crippen LogP contribution < -0.4 is 15.5 Å². The first-order valence-corrected chi connectivity index (χ1v) is 20.2. The highest BCUT2D eigenvalue weighted by Gasteiger charge is 2.20. The Morgan fingerprint density at radius 1 is 0.845 bits per heavy atom. The maximum Gasteiger partial charge on any atom is 0.0762 e. The molecule has 5 rings (SSSR count). The maximum absolute atomic E-state index is 4.58. The second-order valence-corrected chi connectivity index (χ2v) is 14.0. The van der Waals surface area contributed by atoms with E-state index in [9.17, 15) is 0 Å². The number of hydrogen-bond donors (Lipinski definition) is 2. The molecule has 1 aliphatic carbocycles. The van der Waals surface area contributed by atoms with Crippen molar-refractivity contribution < 1.29 is 0 Å². The third kappa shape index (κ3) is 12.6. The molecule has 0 atom stereocenters. The third-order valence-corrected chi connectivity index (χ3v) is 9.74. The number of anilines is 1. The van der Waals surface area contributed by atoms with Crippen molar-refractivity contribution in [2.45, 2.75) is 52.5 Å². The van der Waals surface area contributed by atoms with Gasteiger partial charge in [-0.1, -0.05) is 159 Å². The van der Waals surface area contributed by atoms with Gasteiger partial charge in [-0.2, -0.15) is 0 Å². The molecule has 3 nitrogen and oxygen atoms in total. The van der Waals surface area contributed by atoms with Gasteiger partial charge in [0.2, 0.25) is 0 Å². The van der Waals surface area contributed by atoms with E-state index in [4.69, 9.17) is 0 Å². The van der Waals surface area contributed by atoms with Crippen LogP contribution in [0.15, 0.2) is 253 Å². The van der Waals surface area contributed by atoms with E-state index in [1.54, 1.807) is 6.08 Å². The minimum atomic E-state index is 0.0186. The average molecular weight is 760 g/mol. The monoisotopic (exact) mass is 759 g/mol. The summed E-state index contributed by atoms with van der Waals surface area (Å²) in [4.78, 5) is 2.32. The molecule has 1 heterocycles. The van der Waals surface area contributed by atoms with Gasteiger partial charge in [0, 0.05) is 28.9 Å². The van der Waals surface area contributed by atoms with Gasteiger partial charge in [0.15, 0.2) is 0 Å². The molecule has 0 saturated carbocycles. The Hall–Kier alpha value is -6.80. The van der Waals surface area contributed by atoms with E-state index in [-0.39, 0.29) is 6.04 Å². The Bertz CT molecular complexity index is 2230. The zero-order valence-corrected chi connectivity index (χ0v) is 34.3. The van der Waals surface area contributed by atoms with Crippen LogP contribution in [-0.2, 0) is 12.8 Å². The Kier molecular flexibility index (Phi) is 17.0. The molecular weight excluding hydrogens is 703 g/mol. The molecule has 0 radical (unpaired) electrons. The van der Waals surface area contributed by atoms with Crippen LogP contribution in [0.1, 0.15) is 61.9 Å². The van der Waals surface area contributed by atoms with Crippen LogP contribution in [0, 0.1) is 0 Å². The van der Waals surface area contributed by atoms with Crippen molar-refractivity contribution in [1.29, 1.82) is 0 Å². The highest BCUT2D eigenvalue weighted by molar-refractivity contribution is 5.67. The van der Waals surface area contributed by atoms with E-state index in [0.29, 0.717) is 6.42 Å². The van der Waals surface area contributed by atoms with Crippen molar-refractivity contribution in [3.63, 3.8) is 0 Å². The van der Waals surface area contributed by atoms with Gasteiger partial charge in [0.1, 0.15) is 0 Å². The van der Waals surface area contributed by atoms with E-state index < -0.39 is 0 Å². The zero-order chi connectivity index (χ0) is 40.8. The van der Waals surface area contributed by atoms with Crippen LogP contribution in [-0.4, -0.2) is 0 Å². The first-order chi connectivity index (χ1) is 28.5. The molecule has 0 amide bonds. The summed E-state index contributed by atoms with van der Waals surface area (Å²) in [5, 5.41) is 7.48. The predicted molar refractivity (Wildman–Crippen MR) is 251 cm³/mol. The summed E-state index contributed by atoms with van der Waals surface area (Å²) in [6.45, 7) is 14.7. The van der Waals surface area contributed by atoms with Gasteiger partial charge < -0.3 is 15.5 Å². The molecule has 0 saturated heterocycles. The maximum atomic E-state index is 4.58. The van der Waals surface area contributed by atoms with Crippen LogP contribution in [0.3, 0.4) is 0 Å². The normalized spacial score (nSPS) is 16.2. The van der Waals surface area contributed by atoms with E-state index in [1.165, 1.54) is 27.8 Å². The van der Waals surface area contributed by atoms with Gasteiger partial charge in [0.05, 0.1) is 11.7 Å². The predicted octanol–water partition coefficient (Wildman–Crippen LogP) is 13.6. The second-order valence-electron chi connectivity index (χ2n) is 14.0. The van der Waals surface area contributed by atoms with Gasteiger partial charge in [-0.15, -0.1) is 5.73 Å². The molecule has 0 spiro atoms. The Balaban J connectivity index is 1.56. The molecule has 292 valence electrons. The number of nitrogens with one attached hydrogen (secondary N) is 2. The van der Waals surface area contributed by atoms with Crippen molar-refractivity contribution in [2.75, 3.05) is 4.90 Å².